The Labute approximate surface area is 114 Å². The van der Waals surface area contributed by atoms with Crippen molar-refractivity contribution in [2.75, 3.05) is 0 Å². The van der Waals surface area contributed by atoms with Gasteiger partial charge in [-0.05, 0) is 41.9 Å². The Hall–Kier alpha value is -1.80. The molecule has 4 nitrogen and oxygen atoms in total. The summed E-state index contributed by atoms with van der Waals surface area (Å²) in [6, 6.07) is 7.79. The zero-order chi connectivity index (χ0) is 13.1. The second-order valence-corrected chi connectivity index (χ2v) is 4.93. The highest BCUT2D eigenvalue weighted by Crippen LogP contribution is 2.29. The standard InChI is InChI=1S/C13H12BrN3O/c1-9(2)17-8-10(7-16-17)18-13-5-3-4-12(14)11(13)6-15/h3-5,7-9H,1-2H3. The average molecular weight is 306 g/mol. The van der Waals surface area contributed by atoms with E-state index in [1.807, 2.05) is 32.2 Å². The quantitative estimate of drug-likeness (QED) is 0.864. The maximum Gasteiger partial charge on any atom is 0.165 e. The van der Waals surface area contributed by atoms with Gasteiger partial charge in [-0.1, -0.05) is 6.07 Å². The first-order valence-corrected chi connectivity index (χ1v) is 6.31. The minimum absolute atomic E-state index is 0.278. The third-order valence-electron chi connectivity index (χ3n) is 2.42. The van der Waals surface area contributed by atoms with Gasteiger partial charge >= 0.3 is 0 Å². The highest BCUT2D eigenvalue weighted by Gasteiger charge is 2.10. The second-order valence-electron chi connectivity index (χ2n) is 4.08. The minimum atomic E-state index is 0.278. The number of rotatable bonds is 3. The maximum atomic E-state index is 9.09. The molecule has 0 aliphatic heterocycles. The lowest BCUT2D eigenvalue weighted by Crippen LogP contribution is -1.99. The Morgan fingerprint density at radius 3 is 2.83 bits per heavy atom. The molecular weight excluding hydrogens is 294 g/mol. The summed E-state index contributed by atoms with van der Waals surface area (Å²) in [6.07, 6.45) is 3.45. The lowest BCUT2D eigenvalue weighted by Gasteiger charge is -2.06. The van der Waals surface area contributed by atoms with E-state index in [0.717, 1.165) is 4.47 Å². The van der Waals surface area contributed by atoms with Crippen LogP contribution in [0.25, 0.3) is 0 Å². The molecule has 0 saturated heterocycles. The van der Waals surface area contributed by atoms with Crippen LogP contribution in [0.2, 0.25) is 0 Å². The first kappa shape index (κ1) is 12.7. The molecule has 1 heterocycles. The van der Waals surface area contributed by atoms with Gasteiger partial charge in [0.2, 0.25) is 0 Å². The molecular formula is C13H12BrN3O. The summed E-state index contributed by atoms with van der Waals surface area (Å²) in [7, 11) is 0. The molecule has 0 radical (unpaired) electrons. The Kier molecular flexibility index (Phi) is 3.68. The summed E-state index contributed by atoms with van der Waals surface area (Å²) in [5.74, 6) is 1.15. The molecule has 2 aromatic rings. The zero-order valence-electron chi connectivity index (χ0n) is 10.1. The van der Waals surface area contributed by atoms with Crippen molar-refractivity contribution in [3.8, 4) is 17.6 Å². The van der Waals surface area contributed by atoms with Crippen LogP contribution < -0.4 is 4.74 Å². The predicted molar refractivity (Wildman–Crippen MR) is 71.5 cm³/mol. The second kappa shape index (κ2) is 5.23. The number of benzene rings is 1. The van der Waals surface area contributed by atoms with Crippen molar-refractivity contribution < 1.29 is 4.74 Å². The first-order chi connectivity index (χ1) is 8.61. The van der Waals surface area contributed by atoms with Gasteiger partial charge in [0.25, 0.3) is 0 Å². The SMILES string of the molecule is CC(C)n1cc(Oc2cccc(Br)c2C#N)cn1. The molecule has 0 bridgehead atoms. The third-order valence-corrected chi connectivity index (χ3v) is 3.08. The van der Waals surface area contributed by atoms with Crippen molar-refractivity contribution in [2.24, 2.45) is 0 Å². The molecule has 18 heavy (non-hydrogen) atoms. The highest BCUT2D eigenvalue weighted by molar-refractivity contribution is 9.10. The Morgan fingerprint density at radius 2 is 2.22 bits per heavy atom. The number of ether oxygens (including phenoxy) is 1. The number of aromatic nitrogens is 2. The van der Waals surface area contributed by atoms with Crippen molar-refractivity contribution in [1.29, 1.82) is 5.26 Å². The number of hydrogen-bond donors (Lipinski definition) is 0. The molecule has 1 aromatic carbocycles. The summed E-state index contributed by atoms with van der Waals surface area (Å²) in [5.41, 5.74) is 0.481. The number of halogens is 1. The van der Waals surface area contributed by atoms with Crippen LogP contribution in [-0.2, 0) is 0 Å². The number of nitrogens with zero attached hydrogens (tertiary/aromatic N) is 3. The number of nitriles is 1. The molecule has 2 rings (SSSR count). The summed E-state index contributed by atoms with van der Waals surface area (Å²) in [4.78, 5) is 0. The summed E-state index contributed by atoms with van der Waals surface area (Å²) in [6.45, 7) is 4.08. The van der Waals surface area contributed by atoms with Gasteiger partial charge in [-0.3, -0.25) is 4.68 Å². The van der Waals surface area contributed by atoms with E-state index < -0.39 is 0 Å². The highest BCUT2D eigenvalue weighted by atomic mass is 79.9. The maximum absolute atomic E-state index is 9.09. The predicted octanol–water partition coefficient (Wildman–Crippen LogP) is 3.89. The molecule has 0 amide bonds. The molecule has 92 valence electrons. The van der Waals surface area contributed by atoms with Crippen molar-refractivity contribution in [3.63, 3.8) is 0 Å². The summed E-state index contributed by atoms with van der Waals surface area (Å²) in [5, 5.41) is 13.3. The van der Waals surface area contributed by atoms with Crippen LogP contribution in [-0.4, -0.2) is 9.78 Å². The van der Waals surface area contributed by atoms with E-state index in [1.54, 1.807) is 16.9 Å². The summed E-state index contributed by atoms with van der Waals surface area (Å²) < 4.78 is 8.20. The Morgan fingerprint density at radius 1 is 1.44 bits per heavy atom. The zero-order valence-corrected chi connectivity index (χ0v) is 11.7. The molecule has 0 aliphatic carbocycles. The Balaban J connectivity index is 2.29. The molecule has 0 unspecified atom stereocenters. The van der Waals surface area contributed by atoms with E-state index in [4.69, 9.17) is 10.00 Å². The molecule has 0 atom stereocenters. The fourth-order valence-corrected chi connectivity index (χ4v) is 1.92. The smallest absolute Gasteiger partial charge is 0.165 e. The Bertz CT molecular complexity index is 599. The van der Waals surface area contributed by atoms with Gasteiger partial charge in [-0.15, -0.1) is 0 Å². The van der Waals surface area contributed by atoms with Gasteiger partial charge in [-0.25, -0.2) is 0 Å². The first-order valence-electron chi connectivity index (χ1n) is 5.52. The molecule has 0 spiro atoms. The average Bonchev–Trinajstić information content (AvgIpc) is 2.78. The van der Waals surface area contributed by atoms with E-state index in [0.29, 0.717) is 17.1 Å². The van der Waals surface area contributed by atoms with Crippen LogP contribution in [0.15, 0.2) is 35.1 Å². The fraction of sp³-hybridized carbons (Fsp3) is 0.231. The van der Waals surface area contributed by atoms with Crippen LogP contribution in [0.1, 0.15) is 25.5 Å². The van der Waals surface area contributed by atoms with Crippen LogP contribution in [0.4, 0.5) is 0 Å². The molecule has 0 aliphatic rings. The number of hydrogen-bond acceptors (Lipinski definition) is 3. The molecule has 5 heteroatoms. The van der Waals surface area contributed by atoms with Gasteiger partial charge in [-0.2, -0.15) is 10.4 Å². The van der Waals surface area contributed by atoms with Gasteiger partial charge in [0.05, 0.1) is 12.4 Å². The minimum Gasteiger partial charge on any atom is -0.453 e. The van der Waals surface area contributed by atoms with E-state index in [2.05, 4.69) is 27.1 Å². The monoisotopic (exact) mass is 305 g/mol. The van der Waals surface area contributed by atoms with E-state index in [9.17, 15) is 0 Å². The van der Waals surface area contributed by atoms with Crippen molar-refractivity contribution >= 4 is 15.9 Å². The largest absolute Gasteiger partial charge is 0.453 e. The molecule has 0 N–H and O–H groups in total. The molecule has 0 fully saturated rings. The summed E-state index contributed by atoms with van der Waals surface area (Å²) >= 11 is 3.33. The van der Waals surface area contributed by atoms with Gasteiger partial charge in [0.15, 0.2) is 5.75 Å². The third kappa shape index (κ3) is 2.54. The van der Waals surface area contributed by atoms with Gasteiger partial charge in [0, 0.05) is 10.5 Å². The van der Waals surface area contributed by atoms with Crippen LogP contribution >= 0.6 is 15.9 Å². The molecule has 1 aromatic heterocycles. The van der Waals surface area contributed by atoms with E-state index >= 15 is 0 Å². The van der Waals surface area contributed by atoms with Crippen LogP contribution in [0, 0.1) is 11.3 Å². The normalized spacial score (nSPS) is 10.4. The van der Waals surface area contributed by atoms with Crippen LogP contribution in [0.5, 0.6) is 11.5 Å². The van der Waals surface area contributed by atoms with Crippen LogP contribution in [0.3, 0.4) is 0 Å². The van der Waals surface area contributed by atoms with E-state index in [-0.39, 0.29) is 6.04 Å². The lowest BCUT2D eigenvalue weighted by atomic mass is 10.2. The lowest BCUT2D eigenvalue weighted by molar-refractivity contribution is 0.475. The topological polar surface area (TPSA) is 50.8 Å². The van der Waals surface area contributed by atoms with Gasteiger partial charge in [0.1, 0.15) is 17.4 Å². The molecule has 0 saturated carbocycles. The van der Waals surface area contributed by atoms with Crippen molar-refractivity contribution in [2.45, 2.75) is 19.9 Å². The van der Waals surface area contributed by atoms with Crippen molar-refractivity contribution in [3.05, 3.63) is 40.6 Å². The van der Waals surface area contributed by atoms with Gasteiger partial charge < -0.3 is 4.74 Å². The fourth-order valence-electron chi connectivity index (χ4n) is 1.48. The van der Waals surface area contributed by atoms with Crippen molar-refractivity contribution in [1.82, 2.24) is 9.78 Å². The van der Waals surface area contributed by atoms with E-state index in [1.165, 1.54) is 0 Å².